The van der Waals surface area contributed by atoms with E-state index in [1.807, 2.05) is 0 Å². The van der Waals surface area contributed by atoms with Gasteiger partial charge in [0, 0.05) is 11.3 Å². The van der Waals surface area contributed by atoms with E-state index in [4.69, 9.17) is 5.73 Å². The van der Waals surface area contributed by atoms with Gasteiger partial charge in [-0.15, -0.1) is 10.2 Å². The normalized spacial score (nSPS) is 11.2. The number of sulfonamides is 1. The van der Waals surface area contributed by atoms with Gasteiger partial charge in [0.15, 0.2) is 14.5 Å². The molecule has 25 heavy (non-hydrogen) atoms. The Labute approximate surface area is 157 Å². The van der Waals surface area contributed by atoms with Crippen LogP contribution in [0.5, 0.6) is 0 Å². The van der Waals surface area contributed by atoms with Crippen LogP contribution in [0.15, 0.2) is 32.9 Å². The molecule has 1 heterocycles. The molecule has 3 N–H and O–H groups in total. The number of nitrogens with zero attached hydrogens (tertiary/aromatic N) is 2. The molecule has 0 radical (unpaired) electrons. The lowest BCUT2D eigenvalue weighted by Gasteiger charge is -2.04. The molecule has 0 aliphatic rings. The van der Waals surface area contributed by atoms with Crippen molar-refractivity contribution in [2.75, 3.05) is 22.5 Å². The largest absolute Gasteiger partial charge is 0.369 e. The van der Waals surface area contributed by atoms with Gasteiger partial charge in [0.1, 0.15) is 0 Å². The molecule has 2 rings (SSSR count). The van der Waals surface area contributed by atoms with Gasteiger partial charge in [0.2, 0.25) is 15.9 Å². The predicted octanol–water partition coefficient (Wildman–Crippen LogP) is 1.46. The average Bonchev–Trinajstić information content (AvgIpc) is 2.98. The van der Waals surface area contributed by atoms with E-state index in [-0.39, 0.29) is 17.3 Å². The van der Waals surface area contributed by atoms with Crippen molar-refractivity contribution in [1.82, 2.24) is 10.2 Å². The van der Waals surface area contributed by atoms with Gasteiger partial charge in [-0.3, -0.25) is 14.3 Å². The Morgan fingerprint density at radius 2 is 1.68 bits per heavy atom. The summed E-state index contributed by atoms with van der Waals surface area (Å²) >= 11 is 3.74. The summed E-state index contributed by atoms with van der Waals surface area (Å²) in [5.74, 6) is -0.240. The fourth-order valence-corrected chi connectivity index (χ4v) is 4.81. The standard InChI is InChI=1S/C13H14N4O4S4/c1-25(20,21)17-9-4-2-8(3-5-9)10(18)6-22-12-15-16-13(24-12)23-7-11(14)19/h2-5,17H,6-7H2,1H3,(H2,14,19). The molecule has 0 atom stereocenters. The summed E-state index contributed by atoms with van der Waals surface area (Å²) in [4.78, 5) is 22.9. The highest BCUT2D eigenvalue weighted by Gasteiger charge is 2.11. The fourth-order valence-electron chi connectivity index (χ4n) is 1.60. The number of nitrogens with one attached hydrogen (secondary N) is 1. The van der Waals surface area contributed by atoms with E-state index in [0.29, 0.717) is 19.9 Å². The molecule has 0 saturated carbocycles. The molecule has 0 aliphatic heterocycles. The zero-order chi connectivity index (χ0) is 18.4. The van der Waals surface area contributed by atoms with E-state index >= 15 is 0 Å². The summed E-state index contributed by atoms with van der Waals surface area (Å²) in [6.45, 7) is 0. The Morgan fingerprint density at radius 3 is 2.20 bits per heavy atom. The van der Waals surface area contributed by atoms with E-state index < -0.39 is 15.9 Å². The van der Waals surface area contributed by atoms with Crippen molar-refractivity contribution in [2.45, 2.75) is 8.68 Å². The Kier molecular flexibility index (Phi) is 6.81. The van der Waals surface area contributed by atoms with Crippen LogP contribution in [0.4, 0.5) is 5.69 Å². The minimum atomic E-state index is -3.35. The second-order valence-electron chi connectivity index (χ2n) is 4.75. The maximum absolute atomic E-state index is 12.2. The number of ketones is 1. The molecule has 8 nitrogen and oxygen atoms in total. The summed E-state index contributed by atoms with van der Waals surface area (Å²) < 4.78 is 25.9. The second kappa shape index (κ2) is 8.65. The number of nitrogens with two attached hydrogens (primary N) is 1. The van der Waals surface area contributed by atoms with Gasteiger partial charge in [-0.05, 0) is 24.3 Å². The second-order valence-corrected chi connectivity index (χ2v) is 9.92. The lowest BCUT2D eigenvalue weighted by molar-refractivity contribution is -0.115. The molecule has 0 unspecified atom stereocenters. The molecule has 0 fully saturated rings. The highest BCUT2D eigenvalue weighted by molar-refractivity contribution is 8.03. The van der Waals surface area contributed by atoms with Gasteiger partial charge >= 0.3 is 0 Å². The summed E-state index contributed by atoms with van der Waals surface area (Å²) in [5, 5.41) is 7.85. The summed E-state index contributed by atoms with van der Waals surface area (Å²) in [6, 6.07) is 6.18. The smallest absolute Gasteiger partial charge is 0.229 e. The van der Waals surface area contributed by atoms with Gasteiger partial charge in [0.25, 0.3) is 0 Å². The molecule has 0 saturated heterocycles. The number of aromatic nitrogens is 2. The maximum atomic E-state index is 12.2. The zero-order valence-electron chi connectivity index (χ0n) is 13.0. The molecule has 0 aliphatic carbocycles. The van der Waals surface area contributed by atoms with Crippen LogP contribution in [0.25, 0.3) is 0 Å². The first-order valence-electron chi connectivity index (χ1n) is 6.71. The summed E-state index contributed by atoms with van der Waals surface area (Å²) in [5.41, 5.74) is 5.93. The molecule has 2 aromatic rings. The Morgan fingerprint density at radius 1 is 1.12 bits per heavy atom. The minimum absolute atomic E-state index is 0.113. The molecule has 1 amide bonds. The molecule has 1 aromatic carbocycles. The van der Waals surface area contributed by atoms with E-state index in [1.54, 1.807) is 12.1 Å². The topological polar surface area (TPSA) is 132 Å². The molecule has 0 spiro atoms. The first-order valence-corrected chi connectivity index (χ1v) is 11.4. The number of primary amides is 1. The minimum Gasteiger partial charge on any atom is -0.369 e. The number of carbonyl (C=O) groups is 2. The highest BCUT2D eigenvalue weighted by Crippen LogP contribution is 2.29. The van der Waals surface area contributed by atoms with Gasteiger partial charge in [-0.1, -0.05) is 34.9 Å². The third-order valence-corrected chi connectivity index (χ3v) is 6.38. The highest BCUT2D eigenvalue weighted by atomic mass is 32.2. The number of thioether (sulfide) groups is 2. The third kappa shape index (κ3) is 7.02. The van der Waals surface area contributed by atoms with Crippen molar-refractivity contribution in [3.63, 3.8) is 0 Å². The van der Waals surface area contributed by atoms with Gasteiger partial charge in [-0.25, -0.2) is 8.42 Å². The lowest BCUT2D eigenvalue weighted by Crippen LogP contribution is -2.12. The fraction of sp³-hybridized carbons (Fsp3) is 0.231. The molecular weight excluding hydrogens is 404 g/mol. The third-order valence-electron chi connectivity index (χ3n) is 2.56. The van der Waals surface area contributed by atoms with Crippen molar-refractivity contribution in [2.24, 2.45) is 5.73 Å². The van der Waals surface area contributed by atoms with Gasteiger partial charge < -0.3 is 5.73 Å². The monoisotopic (exact) mass is 418 g/mol. The van der Waals surface area contributed by atoms with Crippen molar-refractivity contribution in [3.8, 4) is 0 Å². The van der Waals surface area contributed by atoms with Crippen LogP contribution in [0.3, 0.4) is 0 Å². The first kappa shape index (κ1) is 19.7. The Balaban J connectivity index is 1.88. The van der Waals surface area contributed by atoms with Crippen LogP contribution in [-0.4, -0.2) is 48.1 Å². The summed E-state index contributed by atoms with van der Waals surface area (Å²) in [7, 11) is -3.35. The van der Waals surface area contributed by atoms with Crippen molar-refractivity contribution in [3.05, 3.63) is 29.8 Å². The average molecular weight is 419 g/mol. The van der Waals surface area contributed by atoms with Crippen LogP contribution in [-0.2, 0) is 14.8 Å². The Hall–Kier alpha value is -1.63. The predicted molar refractivity (Wildman–Crippen MR) is 99.8 cm³/mol. The molecule has 1 aromatic heterocycles. The van der Waals surface area contributed by atoms with Crippen LogP contribution < -0.4 is 10.5 Å². The van der Waals surface area contributed by atoms with Crippen LogP contribution in [0.1, 0.15) is 10.4 Å². The Bertz CT molecular complexity index is 864. The van der Waals surface area contributed by atoms with Crippen LogP contribution >= 0.6 is 34.9 Å². The first-order chi connectivity index (χ1) is 11.7. The molecule has 12 heteroatoms. The number of rotatable bonds is 9. The van der Waals surface area contributed by atoms with Crippen molar-refractivity contribution in [1.29, 1.82) is 0 Å². The number of hydrogen-bond donors (Lipinski definition) is 2. The van der Waals surface area contributed by atoms with Gasteiger partial charge in [-0.2, -0.15) is 0 Å². The number of benzene rings is 1. The molecule has 134 valence electrons. The van der Waals surface area contributed by atoms with Crippen LogP contribution in [0.2, 0.25) is 0 Å². The van der Waals surface area contributed by atoms with E-state index in [2.05, 4.69) is 14.9 Å². The van der Waals surface area contributed by atoms with Crippen molar-refractivity contribution >= 4 is 62.3 Å². The number of Topliss-reactive ketones (excluding diaryl/α,β-unsaturated/α-hetero) is 1. The number of anilines is 1. The number of hydrogen-bond acceptors (Lipinski definition) is 9. The van der Waals surface area contributed by atoms with E-state index in [1.165, 1.54) is 47.0 Å². The van der Waals surface area contributed by atoms with E-state index in [0.717, 1.165) is 6.26 Å². The number of amides is 1. The lowest BCUT2D eigenvalue weighted by atomic mass is 10.1. The molecular formula is C13H14N4O4S4. The van der Waals surface area contributed by atoms with Crippen LogP contribution in [0, 0.1) is 0 Å². The van der Waals surface area contributed by atoms with E-state index in [9.17, 15) is 18.0 Å². The number of carbonyl (C=O) groups excluding carboxylic acids is 2. The zero-order valence-corrected chi connectivity index (χ0v) is 16.2. The molecule has 0 bridgehead atoms. The van der Waals surface area contributed by atoms with Gasteiger partial charge in [0.05, 0.1) is 17.8 Å². The quantitative estimate of drug-likeness (QED) is 0.462. The summed E-state index contributed by atoms with van der Waals surface area (Å²) in [6.07, 6.45) is 1.06. The van der Waals surface area contributed by atoms with Crippen molar-refractivity contribution < 1.29 is 18.0 Å². The SMILES string of the molecule is CS(=O)(=O)Nc1ccc(C(=O)CSc2nnc(SCC(N)=O)s2)cc1. The maximum Gasteiger partial charge on any atom is 0.229 e.